The third kappa shape index (κ3) is 4.49. The summed E-state index contributed by atoms with van der Waals surface area (Å²) in [6, 6.07) is 3.12. The molecule has 2 nitrogen and oxygen atoms in total. The number of hydrogen-bond donors (Lipinski definition) is 1. The molecule has 0 radical (unpaired) electrons. The molecule has 0 aromatic heterocycles. The van der Waals surface area contributed by atoms with Crippen LogP contribution in [0.4, 0.5) is 13.2 Å². The van der Waals surface area contributed by atoms with E-state index in [1.807, 2.05) is 0 Å². The van der Waals surface area contributed by atoms with E-state index < -0.39 is 18.3 Å². The molecule has 0 bridgehead atoms. The second kappa shape index (κ2) is 9.10. The molecule has 0 unspecified atom stereocenters. The number of rotatable bonds is 3. The first-order chi connectivity index (χ1) is 8.61. The number of alkyl halides is 2. The molecule has 20 heavy (non-hydrogen) atoms. The summed E-state index contributed by atoms with van der Waals surface area (Å²) >= 11 is 3.17. The van der Waals surface area contributed by atoms with Crippen LogP contribution in [0.25, 0.3) is 0 Å². The van der Waals surface area contributed by atoms with E-state index in [4.69, 9.17) is 0 Å². The number of nitrogens with one attached hydrogen (secondary N) is 1. The Bertz CT molecular complexity index is 397. The van der Waals surface area contributed by atoms with Gasteiger partial charge in [-0.05, 0) is 12.1 Å². The second-order valence-electron chi connectivity index (χ2n) is 4.20. The summed E-state index contributed by atoms with van der Waals surface area (Å²) in [6.07, 6.45) is -2.61. The van der Waals surface area contributed by atoms with Crippen molar-refractivity contribution in [3.8, 4) is 0 Å². The Kier molecular flexibility index (Phi) is 9.09. The number of halogens is 6. The highest BCUT2D eigenvalue weighted by Gasteiger charge is 2.33. The SMILES string of the molecule is Cl.Cl.Fc1cccc(Br)c1[C@H](C(F)F)N1CCNCC1. The van der Waals surface area contributed by atoms with Crippen LogP contribution in [0, 0.1) is 5.82 Å². The van der Waals surface area contributed by atoms with Crippen molar-refractivity contribution in [3.63, 3.8) is 0 Å². The molecule has 1 aliphatic heterocycles. The number of hydrogen-bond acceptors (Lipinski definition) is 2. The van der Waals surface area contributed by atoms with Gasteiger partial charge in [-0.15, -0.1) is 24.8 Å². The van der Waals surface area contributed by atoms with Crippen molar-refractivity contribution in [2.45, 2.75) is 12.5 Å². The van der Waals surface area contributed by atoms with Crippen LogP contribution in [0.5, 0.6) is 0 Å². The van der Waals surface area contributed by atoms with Crippen LogP contribution in [0.2, 0.25) is 0 Å². The molecule has 1 aromatic rings. The minimum absolute atomic E-state index is 0. The third-order valence-corrected chi connectivity index (χ3v) is 3.77. The lowest BCUT2D eigenvalue weighted by Gasteiger charge is -2.35. The summed E-state index contributed by atoms with van der Waals surface area (Å²) in [7, 11) is 0. The molecule has 1 heterocycles. The van der Waals surface area contributed by atoms with E-state index >= 15 is 0 Å². The fourth-order valence-electron chi connectivity index (χ4n) is 2.22. The molecule has 1 fully saturated rings. The lowest BCUT2D eigenvalue weighted by molar-refractivity contribution is 0.0160. The van der Waals surface area contributed by atoms with Gasteiger partial charge in [-0.2, -0.15) is 0 Å². The molecular weight excluding hydrogens is 380 g/mol. The van der Waals surface area contributed by atoms with Crippen LogP contribution in [0.3, 0.4) is 0 Å². The molecule has 1 N–H and O–H groups in total. The third-order valence-electron chi connectivity index (χ3n) is 3.08. The van der Waals surface area contributed by atoms with Crippen LogP contribution in [0.15, 0.2) is 22.7 Å². The maximum atomic E-state index is 13.8. The average molecular weight is 396 g/mol. The lowest BCUT2D eigenvalue weighted by Crippen LogP contribution is -2.47. The van der Waals surface area contributed by atoms with Crippen LogP contribution < -0.4 is 5.32 Å². The molecule has 116 valence electrons. The normalized spacial score (nSPS) is 17.2. The fraction of sp³-hybridized carbons (Fsp3) is 0.500. The van der Waals surface area contributed by atoms with Gasteiger partial charge < -0.3 is 5.32 Å². The van der Waals surface area contributed by atoms with Gasteiger partial charge in [-0.25, -0.2) is 13.2 Å². The van der Waals surface area contributed by atoms with Gasteiger partial charge in [0.2, 0.25) is 0 Å². The molecule has 8 heteroatoms. The zero-order valence-electron chi connectivity index (χ0n) is 10.5. The summed E-state index contributed by atoms with van der Waals surface area (Å²) in [5, 5.41) is 3.10. The Labute approximate surface area is 137 Å². The monoisotopic (exact) mass is 394 g/mol. The van der Waals surface area contributed by atoms with Gasteiger partial charge in [-0.1, -0.05) is 22.0 Å². The molecule has 0 spiro atoms. The maximum absolute atomic E-state index is 13.8. The van der Waals surface area contributed by atoms with Gasteiger partial charge in [0.05, 0.1) is 0 Å². The van der Waals surface area contributed by atoms with Crippen molar-refractivity contribution in [2.24, 2.45) is 0 Å². The smallest absolute Gasteiger partial charge is 0.258 e. The summed E-state index contributed by atoms with van der Waals surface area (Å²) in [5.41, 5.74) is 0.0504. The minimum atomic E-state index is -2.61. The Morgan fingerprint density at radius 2 is 1.75 bits per heavy atom. The molecule has 0 aliphatic carbocycles. The topological polar surface area (TPSA) is 15.3 Å². The predicted octanol–water partition coefficient (Wildman–Crippen LogP) is 3.64. The lowest BCUT2D eigenvalue weighted by atomic mass is 10.0. The standard InChI is InChI=1S/C12H14BrF3N2.2ClH/c13-8-2-1-3-9(14)10(8)11(12(15)16)18-6-4-17-5-7-18;;/h1-3,11-12,17H,4-7H2;2*1H/t11-;;/m1../s1. The van der Waals surface area contributed by atoms with Crippen molar-refractivity contribution in [1.29, 1.82) is 0 Å². The van der Waals surface area contributed by atoms with Gasteiger partial charge in [-0.3, -0.25) is 4.90 Å². The predicted molar refractivity (Wildman–Crippen MR) is 81.8 cm³/mol. The van der Waals surface area contributed by atoms with E-state index in [-0.39, 0.29) is 30.4 Å². The zero-order valence-corrected chi connectivity index (χ0v) is 13.7. The summed E-state index contributed by atoms with van der Waals surface area (Å²) in [5.74, 6) is -0.590. The Morgan fingerprint density at radius 3 is 2.25 bits per heavy atom. The van der Waals surface area contributed by atoms with Crippen molar-refractivity contribution >= 4 is 40.7 Å². The van der Waals surface area contributed by atoms with E-state index in [1.165, 1.54) is 12.1 Å². The number of nitrogens with zero attached hydrogens (tertiary/aromatic N) is 1. The van der Waals surface area contributed by atoms with Crippen molar-refractivity contribution in [2.75, 3.05) is 26.2 Å². The van der Waals surface area contributed by atoms with Crippen LogP contribution >= 0.6 is 40.7 Å². The van der Waals surface area contributed by atoms with Gasteiger partial charge >= 0.3 is 0 Å². The number of piperazine rings is 1. The average Bonchev–Trinajstić information content (AvgIpc) is 2.34. The fourth-order valence-corrected chi connectivity index (χ4v) is 2.80. The molecule has 1 aromatic carbocycles. The molecule has 0 saturated carbocycles. The first-order valence-electron chi connectivity index (χ1n) is 5.78. The first-order valence-corrected chi connectivity index (χ1v) is 6.57. The molecule has 1 aliphatic rings. The summed E-state index contributed by atoms with van der Waals surface area (Å²) < 4.78 is 40.8. The second-order valence-corrected chi connectivity index (χ2v) is 5.05. The Morgan fingerprint density at radius 1 is 1.15 bits per heavy atom. The quantitative estimate of drug-likeness (QED) is 0.840. The van der Waals surface area contributed by atoms with Gasteiger partial charge in [0.25, 0.3) is 6.43 Å². The molecular formula is C12H16BrCl2F3N2. The zero-order chi connectivity index (χ0) is 13.1. The minimum Gasteiger partial charge on any atom is -0.314 e. The van der Waals surface area contributed by atoms with Crippen LogP contribution in [-0.2, 0) is 0 Å². The van der Waals surface area contributed by atoms with E-state index in [0.29, 0.717) is 30.7 Å². The highest BCUT2D eigenvalue weighted by molar-refractivity contribution is 9.10. The van der Waals surface area contributed by atoms with Crippen molar-refractivity contribution in [3.05, 3.63) is 34.1 Å². The molecule has 2 rings (SSSR count). The molecule has 0 amide bonds. The van der Waals surface area contributed by atoms with Gasteiger partial charge in [0.1, 0.15) is 11.9 Å². The Balaban J connectivity index is 0.00000180. The van der Waals surface area contributed by atoms with Crippen LogP contribution in [0.1, 0.15) is 11.6 Å². The molecule has 1 saturated heterocycles. The van der Waals surface area contributed by atoms with Gasteiger partial charge in [0.15, 0.2) is 0 Å². The molecule has 1 atom stereocenters. The largest absolute Gasteiger partial charge is 0.314 e. The highest BCUT2D eigenvalue weighted by atomic mass is 79.9. The van der Waals surface area contributed by atoms with E-state index in [0.717, 1.165) is 0 Å². The summed E-state index contributed by atoms with van der Waals surface area (Å²) in [6.45, 7) is 2.29. The van der Waals surface area contributed by atoms with Crippen molar-refractivity contribution in [1.82, 2.24) is 10.2 Å². The van der Waals surface area contributed by atoms with Crippen molar-refractivity contribution < 1.29 is 13.2 Å². The van der Waals surface area contributed by atoms with E-state index in [1.54, 1.807) is 11.0 Å². The van der Waals surface area contributed by atoms with E-state index in [9.17, 15) is 13.2 Å². The maximum Gasteiger partial charge on any atom is 0.258 e. The number of benzene rings is 1. The van der Waals surface area contributed by atoms with Gasteiger partial charge in [0, 0.05) is 36.2 Å². The Hall–Kier alpha value is -0.0100. The highest BCUT2D eigenvalue weighted by Crippen LogP contribution is 2.34. The van der Waals surface area contributed by atoms with E-state index in [2.05, 4.69) is 21.2 Å². The first kappa shape index (κ1) is 20.0. The summed E-state index contributed by atoms with van der Waals surface area (Å²) in [4.78, 5) is 1.63. The van der Waals surface area contributed by atoms with Crippen LogP contribution in [-0.4, -0.2) is 37.5 Å².